The van der Waals surface area contributed by atoms with Crippen molar-refractivity contribution >= 4 is 0 Å². The fraction of sp³-hybridized carbons (Fsp3) is 0.625. The molecule has 0 saturated carbocycles. The largest absolute Gasteiger partial charge is 0.377 e. The van der Waals surface area contributed by atoms with Crippen LogP contribution < -0.4 is 0 Å². The van der Waals surface area contributed by atoms with Crippen LogP contribution in [0.3, 0.4) is 0 Å². The van der Waals surface area contributed by atoms with Gasteiger partial charge in [0.25, 0.3) is 0 Å². The summed E-state index contributed by atoms with van der Waals surface area (Å²) in [6, 6.07) is 9.92. The lowest BCUT2D eigenvalue weighted by Gasteiger charge is -2.30. The second-order valence-corrected chi connectivity index (χ2v) is 4.85. The molecule has 1 heterocycles. The van der Waals surface area contributed by atoms with Crippen LogP contribution in [-0.2, 0) is 29.5 Å². The molecule has 0 spiro atoms. The van der Waals surface area contributed by atoms with E-state index < -0.39 is 5.79 Å². The summed E-state index contributed by atoms with van der Waals surface area (Å²) in [5, 5.41) is 0. The quantitative estimate of drug-likeness (QED) is 0.793. The molecule has 1 saturated heterocycles. The number of ether oxygens (including phenoxy) is 5. The Kier molecular flexibility index (Phi) is 7.12. The summed E-state index contributed by atoms with van der Waals surface area (Å²) in [4.78, 5) is 0. The van der Waals surface area contributed by atoms with Gasteiger partial charge in [0, 0.05) is 5.56 Å². The summed E-state index contributed by atoms with van der Waals surface area (Å²) in [6.45, 7) is 6.18. The highest BCUT2D eigenvalue weighted by atomic mass is 16.7. The minimum atomic E-state index is -0.783. The van der Waals surface area contributed by atoms with Gasteiger partial charge in [-0.25, -0.2) is 0 Å². The molecular weight excluding hydrogens is 272 g/mol. The molecule has 1 fully saturated rings. The molecule has 1 aliphatic heterocycles. The molecule has 0 aromatic heterocycles. The van der Waals surface area contributed by atoms with E-state index in [0.717, 1.165) is 5.56 Å². The van der Waals surface area contributed by atoms with Gasteiger partial charge < -0.3 is 23.7 Å². The summed E-state index contributed by atoms with van der Waals surface area (Å²) in [5.41, 5.74) is 0.987. The first-order valence-corrected chi connectivity index (χ1v) is 7.38. The lowest BCUT2D eigenvalue weighted by Crippen LogP contribution is -2.32. The van der Waals surface area contributed by atoms with E-state index >= 15 is 0 Å². The van der Waals surface area contributed by atoms with Gasteiger partial charge in [0.1, 0.15) is 0 Å². The molecule has 1 aromatic rings. The third-order valence-corrected chi connectivity index (χ3v) is 3.25. The molecule has 118 valence electrons. The molecule has 1 aromatic carbocycles. The van der Waals surface area contributed by atoms with Crippen LogP contribution in [0.1, 0.15) is 12.5 Å². The maximum atomic E-state index is 5.92. The second kappa shape index (κ2) is 9.12. The van der Waals surface area contributed by atoms with Gasteiger partial charge in [-0.05, 0) is 6.92 Å². The van der Waals surface area contributed by atoms with Crippen molar-refractivity contribution in [3.8, 4) is 0 Å². The second-order valence-electron chi connectivity index (χ2n) is 4.85. The topological polar surface area (TPSA) is 46.2 Å². The predicted molar refractivity (Wildman–Crippen MR) is 78.2 cm³/mol. The van der Waals surface area contributed by atoms with E-state index in [1.165, 1.54) is 0 Å². The van der Waals surface area contributed by atoms with E-state index in [1.54, 1.807) is 0 Å². The van der Waals surface area contributed by atoms with Gasteiger partial charge in [-0.3, -0.25) is 0 Å². The Morgan fingerprint density at radius 3 is 1.57 bits per heavy atom. The van der Waals surface area contributed by atoms with Crippen molar-refractivity contribution in [2.24, 2.45) is 0 Å². The molecule has 0 radical (unpaired) electrons. The maximum absolute atomic E-state index is 5.92. The lowest BCUT2D eigenvalue weighted by molar-refractivity contribution is -0.244. The minimum absolute atomic E-state index is 0.465. The number of hydrogen-bond donors (Lipinski definition) is 0. The molecule has 1 aliphatic rings. The van der Waals surface area contributed by atoms with Crippen LogP contribution in [0.5, 0.6) is 0 Å². The third-order valence-electron chi connectivity index (χ3n) is 3.25. The molecule has 0 unspecified atom stereocenters. The van der Waals surface area contributed by atoms with Crippen LogP contribution in [0.15, 0.2) is 30.3 Å². The van der Waals surface area contributed by atoms with Gasteiger partial charge in [0.2, 0.25) is 0 Å². The standard InChI is InChI=1S/C16H24O5/c1-16(15-5-3-2-4-6-15)20-13-11-18-9-7-17-8-10-19-12-14-21-16/h2-6H,7-14H2,1H3. The van der Waals surface area contributed by atoms with E-state index in [-0.39, 0.29) is 0 Å². The van der Waals surface area contributed by atoms with Crippen molar-refractivity contribution in [1.82, 2.24) is 0 Å². The fourth-order valence-electron chi connectivity index (χ4n) is 2.08. The van der Waals surface area contributed by atoms with Crippen LogP contribution >= 0.6 is 0 Å². The first kappa shape index (κ1) is 16.4. The molecule has 0 bridgehead atoms. The number of hydrogen-bond acceptors (Lipinski definition) is 5. The van der Waals surface area contributed by atoms with Crippen molar-refractivity contribution in [1.29, 1.82) is 0 Å². The van der Waals surface area contributed by atoms with Gasteiger partial charge >= 0.3 is 0 Å². The summed E-state index contributed by atoms with van der Waals surface area (Å²) in [7, 11) is 0. The van der Waals surface area contributed by atoms with Gasteiger partial charge in [-0.1, -0.05) is 30.3 Å². The lowest BCUT2D eigenvalue weighted by atomic mass is 10.1. The molecule has 0 N–H and O–H groups in total. The van der Waals surface area contributed by atoms with Crippen LogP contribution in [0.2, 0.25) is 0 Å². The average molecular weight is 296 g/mol. The zero-order valence-electron chi connectivity index (χ0n) is 12.6. The highest BCUT2D eigenvalue weighted by Gasteiger charge is 2.28. The Morgan fingerprint density at radius 2 is 1.10 bits per heavy atom. The summed E-state index contributed by atoms with van der Waals surface area (Å²) < 4.78 is 28.1. The molecule has 0 aliphatic carbocycles. The van der Waals surface area contributed by atoms with Gasteiger partial charge in [-0.15, -0.1) is 0 Å². The molecule has 2 rings (SSSR count). The Morgan fingerprint density at radius 1 is 0.667 bits per heavy atom. The van der Waals surface area contributed by atoms with Crippen molar-refractivity contribution in [3.05, 3.63) is 35.9 Å². The molecule has 0 amide bonds. The number of benzene rings is 1. The smallest absolute Gasteiger partial charge is 0.192 e. The van der Waals surface area contributed by atoms with Crippen molar-refractivity contribution in [2.75, 3.05) is 52.9 Å². The third kappa shape index (κ3) is 5.73. The first-order chi connectivity index (χ1) is 10.3. The van der Waals surface area contributed by atoms with E-state index in [4.69, 9.17) is 23.7 Å². The Hall–Kier alpha value is -0.980. The van der Waals surface area contributed by atoms with Gasteiger partial charge in [-0.2, -0.15) is 0 Å². The Bertz CT molecular complexity index is 368. The van der Waals surface area contributed by atoms with Gasteiger partial charge in [0.15, 0.2) is 5.79 Å². The van der Waals surface area contributed by atoms with Crippen LogP contribution in [0.4, 0.5) is 0 Å². The minimum Gasteiger partial charge on any atom is -0.377 e. The molecule has 0 atom stereocenters. The van der Waals surface area contributed by atoms with Gasteiger partial charge in [0.05, 0.1) is 52.9 Å². The van der Waals surface area contributed by atoms with E-state index in [9.17, 15) is 0 Å². The first-order valence-electron chi connectivity index (χ1n) is 7.38. The zero-order valence-corrected chi connectivity index (χ0v) is 12.6. The SMILES string of the molecule is CC1(c2ccccc2)OCCOCCOCCOCCO1. The maximum Gasteiger partial charge on any atom is 0.192 e. The summed E-state index contributed by atoms with van der Waals surface area (Å²) in [5.74, 6) is -0.783. The fourth-order valence-corrected chi connectivity index (χ4v) is 2.08. The molecule has 5 heteroatoms. The van der Waals surface area contributed by atoms with Crippen LogP contribution in [0, 0.1) is 0 Å². The Balaban J connectivity index is 1.95. The van der Waals surface area contributed by atoms with Crippen molar-refractivity contribution in [2.45, 2.75) is 12.7 Å². The van der Waals surface area contributed by atoms with Crippen molar-refractivity contribution < 1.29 is 23.7 Å². The molecule has 21 heavy (non-hydrogen) atoms. The average Bonchev–Trinajstić information content (AvgIpc) is 2.52. The number of rotatable bonds is 1. The van der Waals surface area contributed by atoms with E-state index in [1.807, 2.05) is 37.3 Å². The normalized spacial score (nSPS) is 22.3. The van der Waals surface area contributed by atoms with E-state index in [0.29, 0.717) is 52.9 Å². The highest BCUT2D eigenvalue weighted by Crippen LogP contribution is 2.26. The zero-order chi connectivity index (χ0) is 14.8. The van der Waals surface area contributed by atoms with E-state index in [2.05, 4.69) is 0 Å². The Labute approximate surface area is 126 Å². The summed E-state index contributed by atoms with van der Waals surface area (Å²) >= 11 is 0. The van der Waals surface area contributed by atoms with Crippen LogP contribution in [-0.4, -0.2) is 52.9 Å². The van der Waals surface area contributed by atoms with Crippen LogP contribution in [0.25, 0.3) is 0 Å². The summed E-state index contributed by atoms with van der Waals surface area (Å²) in [6.07, 6.45) is 0. The predicted octanol–water partition coefficient (Wildman–Crippen LogP) is 1.96. The van der Waals surface area contributed by atoms with Crippen molar-refractivity contribution in [3.63, 3.8) is 0 Å². The highest BCUT2D eigenvalue weighted by molar-refractivity contribution is 5.19. The molecular formula is C16H24O5. The molecule has 5 nitrogen and oxygen atoms in total. The monoisotopic (exact) mass is 296 g/mol.